The van der Waals surface area contributed by atoms with Gasteiger partial charge in [-0.25, -0.2) is 0 Å². The summed E-state index contributed by atoms with van der Waals surface area (Å²) in [6.45, 7) is 0. The second-order valence-corrected chi connectivity index (χ2v) is 4.73. The zero-order chi connectivity index (χ0) is 15.4. The smallest absolute Gasteiger partial charge is 0.192 e. The summed E-state index contributed by atoms with van der Waals surface area (Å²) < 4.78 is 17.8. The highest BCUT2D eigenvalue weighted by molar-refractivity contribution is 5.85. The molecular formula is C18H15FN2O. The van der Waals surface area contributed by atoms with Gasteiger partial charge in [-0.2, -0.15) is 4.39 Å². The van der Waals surface area contributed by atoms with E-state index in [-0.39, 0.29) is 5.95 Å². The van der Waals surface area contributed by atoms with Crippen molar-refractivity contribution in [1.82, 2.24) is 9.97 Å². The molecule has 0 aliphatic heterocycles. The lowest BCUT2D eigenvalue weighted by Gasteiger charge is -1.98. The molecule has 0 fully saturated rings. The maximum atomic E-state index is 12.7. The molecule has 1 N–H and O–H groups in total. The predicted octanol–water partition coefficient (Wildman–Crippen LogP) is 4.55. The van der Waals surface area contributed by atoms with E-state index >= 15 is 0 Å². The Balaban J connectivity index is 0.000000133. The monoisotopic (exact) mass is 294 g/mol. The summed E-state index contributed by atoms with van der Waals surface area (Å²) in [4.78, 5) is 6.77. The van der Waals surface area contributed by atoms with Gasteiger partial charge in [0.25, 0.3) is 0 Å². The van der Waals surface area contributed by atoms with Crippen molar-refractivity contribution in [1.29, 1.82) is 0 Å². The minimum absolute atomic E-state index is 0.338. The number of pyridine rings is 1. The van der Waals surface area contributed by atoms with Gasteiger partial charge in [-0.05, 0) is 24.3 Å². The van der Waals surface area contributed by atoms with Gasteiger partial charge in [0.15, 0.2) is 5.95 Å². The number of nitrogens with one attached hydrogen (secondary N) is 1. The lowest BCUT2D eigenvalue weighted by atomic mass is 10.2. The van der Waals surface area contributed by atoms with Gasteiger partial charge in [-0.1, -0.05) is 30.3 Å². The first-order chi connectivity index (χ1) is 10.8. The van der Waals surface area contributed by atoms with E-state index in [0.29, 0.717) is 5.75 Å². The summed E-state index contributed by atoms with van der Waals surface area (Å²) in [6, 6.07) is 18.9. The number of rotatable bonds is 1. The summed E-state index contributed by atoms with van der Waals surface area (Å²) in [5.41, 5.74) is 1.82. The molecule has 22 heavy (non-hydrogen) atoms. The fourth-order valence-corrected chi connectivity index (χ4v) is 2.29. The predicted molar refractivity (Wildman–Crippen MR) is 86.6 cm³/mol. The minimum Gasteiger partial charge on any atom is -0.496 e. The van der Waals surface area contributed by atoms with E-state index in [9.17, 15) is 4.39 Å². The molecule has 110 valence electrons. The van der Waals surface area contributed by atoms with E-state index in [1.54, 1.807) is 19.2 Å². The van der Waals surface area contributed by atoms with E-state index in [1.165, 1.54) is 11.5 Å². The molecule has 0 atom stereocenters. The molecule has 0 saturated carbocycles. The fourth-order valence-electron chi connectivity index (χ4n) is 2.29. The number of halogens is 1. The van der Waals surface area contributed by atoms with E-state index in [4.69, 9.17) is 4.74 Å². The maximum Gasteiger partial charge on any atom is 0.192 e. The highest BCUT2D eigenvalue weighted by Gasteiger charge is 2.03. The van der Waals surface area contributed by atoms with E-state index in [1.807, 2.05) is 36.5 Å². The number of ether oxygens (including phenoxy) is 1. The number of nitrogens with zero attached hydrogens (tertiary/aromatic N) is 1. The largest absolute Gasteiger partial charge is 0.496 e. The van der Waals surface area contributed by atoms with Gasteiger partial charge in [-0.15, -0.1) is 0 Å². The maximum absolute atomic E-state index is 12.7. The quantitative estimate of drug-likeness (QED) is 0.559. The number of para-hydroxylation sites is 1. The van der Waals surface area contributed by atoms with Gasteiger partial charge < -0.3 is 9.72 Å². The highest BCUT2D eigenvalue weighted by atomic mass is 19.1. The molecule has 2 aromatic heterocycles. The molecule has 4 rings (SSSR count). The fraction of sp³-hybridized carbons (Fsp3) is 0.0556. The second-order valence-electron chi connectivity index (χ2n) is 4.73. The van der Waals surface area contributed by atoms with Crippen molar-refractivity contribution in [2.24, 2.45) is 0 Å². The molecule has 3 nitrogen and oxygen atoms in total. The van der Waals surface area contributed by atoms with Crippen LogP contribution in [0, 0.1) is 5.95 Å². The van der Waals surface area contributed by atoms with Gasteiger partial charge >= 0.3 is 0 Å². The van der Waals surface area contributed by atoms with Crippen LogP contribution in [0.5, 0.6) is 5.75 Å². The Bertz CT molecular complexity index is 836. The van der Waals surface area contributed by atoms with Crippen LogP contribution < -0.4 is 4.74 Å². The van der Waals surface area contributed by atoms with Gasteiger partial charge in [0, 0.05) is 23.0 Å². The van der Waals surface area contributed by atoms with Crippen molar-refractivity contribution < 1.29 is 9.13 Å². The summed E-state index contributed by atoms with van der Waals surface area (Å²) >= 11 is 0. The first kappa shape index (κ1) is 14.1. The van der Waals surface area contributed by atoms with Crippen LogP contribution in [0.15, 0.2) is 66.9 Å². The lowest BCUT2D eigenvalue weighted by Crippen LogP contribution is -1.81. The van der Waals surface area contributed by atoms with Crippen LogP contribution in [0.25, 0.3) is 21.8 Å². The number of benzene rings is 2. The summed E-state index contributed by atoms with van der Waals surface area (Å²) in [7, 11) is 1.57. The number of aromatic amines is 1. The minimum atomic E-state index is -0.338. The number of fused-ring (bicyclic) bond motifs is 2. The Kier molecular flexibility index (Phi) is 4.01. The van der Waals surface area contributed by atoms with Crippen LogP contribution in [-0.2, 0) is 0 Å². The number of methoxy groups -OCH3 is 1. The lowest BCUT2D eigenvalue weighted by molar-refractivity contribution is 0.420. The van der Waals surface area contributed by atoms with Crippen LogP contribution >= 0.6 is 0 Å². The van der Waals surface area contributed by atoms with Crippen LogP contribution in [-0.4, -0.2) is 17.1 Å². The molecule has 2 aromatic carbocycles. The molecule has 0 aliphatic rings. The van der Waals surface area contributed by atoms with Crippen molar-refractivity contribution in [2.75, 3.05) is 7.11 Å². The van der Waals surface area contributed by atoms with Crippen molar-refractivity contribution in [2.45, 2.75) is 0 Å². The zero-order valence-electron chi connectivity index (χ0n) is 12.1. The van der Waals surface area contributed by atoms with Crippen molar-refractivity contribution in [3.63, 3.8) is 0 Å². The molecule has 4 aromatic rings. The Morgan fingerprint density at radius 3 is 2.64 bits per heavy atom. The number of hydrogen-bond donors (Lipinski definition) is 1. The second kappa shape index (κ2) is 6.26. The molecule has 0 bridgehead atoms. The molecule has 0 amide bonds. The molecule has 0 saturated heterocycles. The van der Waals surface area contributed by atoms with E-state index in [2.05, 4.69) is 22.1 Å². The summed E-state index contributed by atoms with van der Waals surface area (Å²) in [6.07, 6.45) is 1.81. The van der Waals surface area contributed by atoms with Gasteiger partial charge in [0.2, 0.25) is 0 Å². The molecule has 4 heteroatoms. The number of hydrogen-bond acceptors (Lipinski definition) is 2. The normalized spacial score (nSPS) is 10.3. The van der Waals surface area contributed by atoms with Crippen LogP contribution in [0.4, 0.5) is 4.39 Å². The van der Waals surface area contributed by atoms with Crippen molar-refractivity contribution in [3.05, 3.63) is 72.8 Å². The third-order valence-electron chi connectivity index (χ3n) is 3.32. The zero-order valence-corrected chi connectivity index (χ0v) is 12.1. The average molecular weight is 294 g/mol. The van der Waals surface area contributed by atoms with Crippen LogP contribution in [0.2, 0.25) is 0 Å². The number of H-pyrrole nitrogens is 1. The SMILES string of the molecule is COc1cccc2[nH]c(F)cc12.c1ccc2ncccc2c1. The Labute approximate surface area is 127 Å². The van der Waals surface area contributed by atoms with Crippen LogP contribution in [0.1, 0.15) is 0 Å². The third-order valence-corrected chi connectivity index (χ3v) is 3.32. The third kappa shape index (κ3) is 2.91. The topological polar surface area (TPSA) is 37.9 Å². The number of aromatic nitrogens is 2. The Hall–Kier alpha value is -2.88. The van der Waals surface area contributed by atoms with E-state index in [0.717, 1.165) is 16.4 Å². The standard InChI is InChI=1S/C9H8FNO.C9H7N/c1-12-8-4-2-3-7-6(8)5-9(10)11-7;1-2-6-9-8(4-1)5-3-7-10-9/h2-5,11H,1H3;1-7H. The van der Waals surface area contributed by atoms with Gasteiger partial charge in [0.05, 0.1) is 18.1 Å². The first-order valence-corrected chi connectivity index (χ1v) is 6.89. The van der Waals surface area contributed by atoms with Crippen LogP contribution in [0.3, 0.4) is 0 Å². The molecule has 0 radical (unpaired) electrons. The molecule has 2 heterocycles. The summed E-state index contributed by atoms with van der Waals surface area (Å²) in [5, 5.41) is 1.97. The van der Waals surface area contributed by atoms with E-state index < -0.39 is 0 Å². The van der Waals surface area contributed by atoms with Gasteiger partial charge in [0.1, 0.15) is 5.75 Å². The average Bonchev–Trinajstić information content (AvgIpc) is 2.95. The molecule has 0 aliphatic carbocycles. The van der Waals surface area contributed by atoms with Gasteiger partial charge in [-0.3, -0.25) is 4.98 Å². The first-order valence-electron chi connectivity index (χ1n) is 6.89. The molecule has 0 spiro atoms. The van der Waals surface area contributed by atoms with Crippen molar-refractivity contribution >= 4 is 21.8 Å². The molecular weight excluding hydrogens is 279 g/mol. The summed E-state index contributed by atoms with van der Waals surface area (Å²) in [5.74, 6) is 0.349. The Morgan fingerprint density at radius 1 is 1.00 bits per heavy atom. The highest BCUT2D eigenvalue weighted by Crippen LogP contribution is 2.25. The van der Waals surface area contributed by atoms with Crippen molar-refractivity contribution in [3.8, 4) is 5.75 Å². The molecule has 0 unspecified atom stereocenters. The Morgan fingerprint density at radius 2 is 1.82 bits per heavy atom.